The number of aromatic nitrogens is 2. The molecule has 1 aliphatic heterocycles. The van der Waals surface area contributed by atoms with Crippen molar-refractivity contribution in [1.82, 2.24) is 14.5 Å². The van der Waals surface area contributed by atoms with Crippen molar-refractivity contribution in [2.24, 2.45) is 5.73 Å². The van der Waals surface area contributed by atoms with Gasteiger partial charge in [0.2, 0.25) is 5.91 Å². The summed E-state index contributed by atoms with van der Waals surface area (Å²) in [6, 6.07) is 11.1. The molecule has 9 heteroatoms. The van der Waals surface area contributed by atoms with Crippen LogP contribution in [0.3, 0.4) is 0 Å². The van der Waals surface area contributed by atoms with E-state index in [1.54, 1.807) is 21.6 Å². The van der Waals surface area contributed by atoms with E-state index >= 15 is 0 Å². The average Bonchev–Trinajstić information content (AvgIpc) is 3.16. The lowest BCUT2D eigenvalue weighted by Crippen LogP contribution is -2.54. The second kappa shape index (κ2) is 8.16. The molecule has 2 amide bonds. The number of nitrogens with zero attached hydrogens (tertiary/aromatic N) is 3. The third-order valence-corrected chi connectivity index (χ3v) is 5.65. The number of fused-ring (bicyclic) bond motifs is 1. The Kier molecular flexibility index (Phi) is 5.52. The highest BCUT2D eigenvalue weighted by Gasteiger charge is 2.42. The van der Waals surface area contributed by atoms with E-state index in [9.17, 15) is 18.4 Å². The Morgan fingerprint density at radius 1 is 1.03 bits per heavy atom. The van der Waals surface area contributed by atoms with Gasteiger partial charge in [0.05, 0.1) is 12.1 Å². The number of nitrogens with one attached hydrogen (secondary N) is 1. The van der Waals surface area contributed by atoms with Crippen molar-refractivity contribution in [2.45, 2.75) is 25.9 Å². The molecular formula is C23H23F2N5O2. The highest BCUT2D eigenvalue weighted by Crippen LogP contribution is 2.36. The van der Waals surface area contributed by atoms with Crippen molar-refractivity contribution in [3.05, 3.63) is 71.7 Å². The van der Waals surface area contributed by atoms with Crippen molar-refractivity contribution in [3.63, 3.8) is 0 Å². The van der Waals surface area contributed by atoms with Crippen LogP contribution in [0.2, 0.25) is 0 Å². The summed E-state index contributed by atoms with van der Waals surface area (Å²) in [5, 5.41) is 2.77. The highest BCUT2D eigenvalue weighted by atomic mass is 19.1. The molecule has 0 spiro atoms. The summed E-state index contributed by atoms with van der Waals surface area (Å²) in [7, 11) is 0. The van der Waals surface area contributed by atoms with Gasteiger partial charge in [-0.15, -0.1) is 0 Å². The van der Waals surface area contributed by atoms with E-state index in [0.29, 0.717) is 35.9 Å². The van der Waals surface area contributed by atoms with Gasteiger partial charge in [-0.3, -0.25) is 9.59 Å². The van der Waals surface area contributed by atoms with Crippen molar-refractivity contribution >= 4 is 17.5 Å². The number of nitrogens with two attached hydrogens (primary N) is 1. The zero-order valence-electron chi connectivity index (χ0n) is 17.7. The lowest BCUT2D eigenvalue weighted by Gasteiger charge is -2.42. The van der Waals surface area contributed by atoms with E-state index in [1.807, 2.05) is 13.8 Å². The third-order valence-electron chi connectivity index (χ3n) is 5.65. The first-order chi connectivity index (χ1) is 15.2. The van der Waals surface area contributed by atoms with Crippen LogP contribution in [0.5, 0.6) is 0 Å². The number of imidazole rings is 1. The number of hydrogen-bond acceptors (Lipinski definition) is 4. The average molecular weight is 439 g/mol. The summed E-state index contributed by atoms with van der Waals surface area (Å²) >= 11 is 0. The summed E-state index contributed by atoms with van der Waals surface area (Å²) in [5.74, 6) is -0.957. The molecule has 1 aliphatic rings. The zero-order valence-corrected chi connectivity index (χ0v) is 17.7. The van der Waals surface area contributed by atoms with Gasteiger partial charge in [0.15, 0.2) is 0 Å². The van der Waals surface area contributed by atoms with Crippen LogP contribution in [0, 0.1) is 11.6 Å². The molecule has 2 aromatic carbocycles. The summed E-state index contributed by atoms with van der Waals surface area (Å²) < 4.78 is 28.6. The molecule has 0 fully saturated rings. The van der Waals surface area contributed by atoms with E-state index in [-0.39, 0.29) is 18.1 Å². The number of carbonyl (C=O) groups excluding carboxylic acids is 2. The van der Waals surface area contributed by atoms with Crippen LogP contribution < -0.4 is 11.1 Å². The second-order valence-electron chi connectivity index (χ2n) is 8.06. The van der Waals surface area contributed by atoms with E-state index in [1.165, 1.54) is 36.4 Å². The SMILES string of the molecule is CC1(C)c2nc(-c3ccc(F)cc3)c(C(=O)Nc3ccc(F)cc3)n2CCN1C(=O)CN. The molecule has 166 valence electrons. The Labute approximate surface area is 183 Å². The van der Waals surface area contributed by atoms with Crippen LogP contribution in [-0.4, -0.2) is 39.4 Å². The van der Waals surface area contributed by atoms with Gasteiger partial charge >= 0.3 is 0 Å². The molecule has 2 heterocycles. The topological polar surface area (TPSA) is 93.2 Å². The lowest BCUT2D eigenvalue weighted by molar-refractivity contribution is -0.137. The smallest absolute Gasteiger partial charge is 0.274 e. The number of halogens is 2. The fourth-order valence-corrected chi connectivity index (χ4v) is 4.05. The number of rotatable bonds is 4. The van der Waals surface area contributed by atoms with Crippen molar-refractivity contribution in [2.75, 3.05) is 18.4 Å². The van der Waals surface area contributed by atoms with Gasteiger partial charge in [-0.1, -0.05) is 0 Å². The molecule has 0 atom stereocenters. The van der Waals surface area contributed by atoms with Crippen molar-refractivity contribution < 1.29 is 18.4 Å². The molecular weight excluding hydrogens is 416 g/mol. The van der Waals surface area contributed by atoms with E-state index in [2.05, 4.69) is 5.32 Å². The minimum absolute atomic E-state index is 0.132. The Morgan fingerprint density at radius 2 is 1.62 bits per heavy atom. The van der Waals surface area contributed by atoms with E-state index < -0.39 is 23.1 Å². The predicted molar refractivity (Wildman–Crippen MR) is 116 cm³/mol. The third kappa shape index (κ3) is 3.75. The zero-order chi connectivity index (χ0) is 23.0. The number of hydrogen-bond donors (Lipinski definition) is 2. The fourth-order valence-electron chi connectivity index (χ4n) is 4.05. The summed E-state index contributed by atoms with van der Waals surface area (Å²) in [6.45, 7) is 4.24. The molecule has 0 saturated heterocycles. The van der Waals surface area contributed by atoms with Crippen LogP contribution in [-0.2, 0) is 16.9 Å². The molecule has 0 unspecified atom stereocenters. The van der Waals surface area contributed by atoms with Crippen molar-refractivity contribution in [1.29, 1.82) is 0 Å². The first-order valence-corrected chi connectivity index (χ1v) is 10.2. The Balaban J connectivity index is 1.83. The fraction of sp³-hybridized carbons (Fsp3) is 0.261. The first kappa shape index (κ1) is 21.6. The van der Waals surface area contributed by atoms with Gasteiger partial charge in [0.25, 0.3) is 5.91 Å². The lowest BCUT2D eigenvalue weighted by atomic mass is 9.99. The van der Waals surface area contributed by atoms with Gasteiger partial charge in [0, 0.05) is 24.3 Å². The molecule has 32 heavy (non-hydrogen) atoms. The Morgan fingerprint density at radius 3 is 2.22 bits per heavy atom. The molecule has 0 aliphatic carbocycles. The molecule has 0 bridgehead atoms. The van der Waals surface area contributed by atoms with Gasteiger partial charge in [-0.2, -0.15) is 0 Å². The van der Waals surface area contributed by atoms with Crippen LogP contribution in [0.1, 0.15) is 30.2 Å². The molecule has 4 rings (SSSR count). The normalized spacial score (nSPS) is 14.7. The molecule has 7 nitrogen and oxygen atoms in total. The summed E-state index contributed by atoms with van der Waals surface area (Å²) in [5.41, 5.74) is 6.40. The monoisotopic (exact) mass is 439 g/mol. The van der Waals surface area contributed by atoms with Crippen LogP contribution in [0.15, 0.2) is 48.5 Å². The van der Waals surface area contributed by atoms with Gasteiger partial charge in [-0.25, -0.2) is 13.8 Å². The number of benzene rings is 2. The molecule has 3 N–H and O–H groups in total. The molecule has 3 aromatic rings. The van der Waals surface area contributed by atoms with Crippen LogP contribution in [0.4, 0.5) is 14.5 Å². The molecule has 0 radical (unpaired) electrons. The standard InChI is InChI=1S/C23H23F2N5O2/c1-23(2)22-28-19(14-3-5-15(24)6-4-14)20(29(22)11-12-30(23)18(31)13-26)21(32)27-17-9-7-16(25)8-10-17/h3-10H,11-13,26H2,1-2H3,(H,27,32). The highest BCUT2D eigenvalue weighted by molar-refractivity contribution is 6.07. The maximum Gasteiger partial charge on any atom is 0.274 e. The largest absolute Gasteiger partial charge is 0.327 e. The maximum atomic E-state index is 13.5. The maximum absolute atomic E-state index is 13.5. The molecule has 0 saturated carbocycles. The first-order valence-electron chi connectivity index (χ1n) is 10.2. The Hall–Kier alpha value is -3.59. The predicted octanol–water partition coefficient (Wildman–Crippen LogP) is 3.12. The van der Waals surface area contributed by atoms with Gasteiger partial charge < -0.3 is 20.5 Å². The minimum Gasteiger partial charge on any atom is -0.327 e. The minimum atomic E-state index is -0.822. The molecule has 1 aromatic heterocycles. The Bertz CT molecular complexity index is 1170. The van der Waals surface area contributed by atoms with E-state index in [0.717, 1.165) is 0 Å². The van der Waals surface area contributed by atoms with Crippen LogP contribution in [0.25, 0.3) is 11.3 Å². The quantitative estimate of drug-likeness (QED) is 0.653. The van der Waals surface area contributed by atoms with Crippen molar-refractivity contribution in [3.8, 4) is 11.3 Å². The van der Waals surface area contributed by atoms with Gasteiger partial charge in [0.1, 0.15) is 28.8 Å². The van der Waals surface area contributed by atoms with Gasteiger partial charge in [-0.05, 0) is 62.4 Å². The summed E-state index contributed by atoms with van der Waals surface area (Å²) in [6.07, 6.45) is 0. The second-order valence-corrected chi connectivity index (χ2v) is 8.06. The van der Waals surface area contributed by atoms with Crippen LogP contribution >= 0.6 is 0 Å². The number of carbonyl (C=O) groups is 2. The number of amides is 2. The number of anilines is 1. The van der Waals surface area contributed by atoms with E-state index in [4.69, 9.17) is 10.7 Å². The summed E-state index contributed by atoms with van der Waals surface area (Å²) in [4.78, 5) is 32.1.